The summed E-state index contributed by atoms with van der Waals surface area (Å²) in [6.45, 7) is 0.446. The van der Waals surface area contributed by atoms with E-state index in [1.54, 1.807) is 11.6 Å². The predicted octanol–water partition coefficient (Wildman–Crippen LogP) is 2.44. The fourth-order valence-electron chi connectivity index (χ4n) is 1.86. The van der Waals surface area contributed by atoms with Crippen LogP contribution in [-0.4, -0.2) is 21.8 Å². The molecular weight excluding hydrogens is 330 g/mol. The molecule has 0 fully saturated rings. The first-order valence-corrected chi connectivity index (χ1v) is 8.20. The van der Waals surface area contributed by atoms with Gasteiger partial charge in [0.2, 0.25) is 0 Å². The normalized spacial score (nSPS) is 10.9. The van der Waals surface area contributed by atoms with Gasteiger partial charge in [-0.05, 0) is 18.6 Å². The second kappa shape index (κ2) is 5.97. The highest BCUT2D eigenvalue weighted by Gasteiger charge is 2.13. The van der Waals surface area contributed by atoms with E-state index in [1.165, 1.54) is 33.3 Å². The number of amides is 1. The van der Waals surface area contributed by atoms with Crippen molar-refractivity contribution in [1.82, 2.24) is 14.7 Å². The van der Waals surface area contributed by atoms with Gasteiger partial charge in [0.25, 0.3) is 11.5 Å². The maximum absolute atomic E-state index is 12.1. The molecule has 0 aliphatic heterocycles. The van der Waals surface area contributed by atoms with Crippen LogP contribution >= 0.6 is 34.3 Å². The number of thiazole rings is 1. The van der Waals surface area contributed by atoms with E-state index in [0.29, 0.717) is 17.9 Å². The summed E-state index contributed by atoms with van der Waals surface area (Å²) in [5.74, 6) is -0.407. The monoisotopic (exact) mass is 339 g/mol. The third kappa shape index (κ3) is 2.99. The Morgan fingerprint density at radius 1 is 1.43 bits per heavy atom. The van der Waals surface area contributed by atoms with E-state index in [9.17, 15) is 9.59 Å². The van der Waals surface area contributed by atoms with Crippen molar-refractivity contribution in [3.8, 4) is 0 Å². The maximum atomic E-state index is 12.1. The molecule has 0 saturated heterocycles. The van der Waals surface area contributed by atoms with Crippen molar-refractivity contribution in [3.05, 3.63) is 55.0 Å². The molecule has 0 saturated carbocycles. The van der Waals surface area contributed by atoms with Crippen molar-refractivity contribution in [1.29, 1.82) is 0 Å². The molecule has 3 aromatic rings. The molecule has 0 radical (unpaired) electrons. The summed E-state index contributed by atoms with van der Waals surface area (Å²) < 4.78 is 2.10. The van der Waals surface area contributed by atoms with E-state index in [0.717, 1.165) is 9.21 Å². The summed E-state index contributed by atoms with van der Waals surface area (Å²) in [6, 6.07) is 3.75. The van der Waals surface area contributed by atoms with Gasteiger partial charge in [-0.2, -0.15) is 0 Å². The molecule has 108 valence electrons. The number of rotatable bonds is 4. The minimum absolute atomic E-state index is 0.0510. The van der Waals surface area contributed by atoms with Gasteiger partial charge in [-0.15, -0.1) is 22.7 Å². The Morgan fingerprint density at radius 3 is 3.05 bits per heavy atom. The van der Waals surface area contributed by atoms with Crippen LogP contribution in [0, 0.1) is 0 Å². The van der Waals surface area contributed by atoms with Gasteiger partial charge in [0, 0.05) is 29.2 Å². The standard InChI is InChI=1S/C13H10ClN3O2S2/c14-10-2-1-8(21-10)3-4-15-11(18)9-7-16-13-17(12(9)19)5-6-20-13/h1-2,5-7H,3-4H2,(H,15,18). The predicted molar refractivity (Wildman–Crippen MR) is 84.7 cm³/mol. The highest BCUT2D eigenvalue weighted by atomic mass is 35.5. The van der Waals surface area contributed by atoms with Crippen LogP contribution in [0.3, 0.4) is 0 Å². The van der Waals surface area contributed by atoms with Crippen molar-refractivity contribution in [3.63, 3.8) is 0 Å². The van der Waals surface area contributed by atoms with E-state index in [4.69, 9.17) is 11.6 Å². The van der Waals surface area contributed by atoms with Gasteiger partial charge in [-0.1, -0.05) is 11.6 Å². The number of halogens is 1. The first-order chi connectivity index (χ1) is 10.1. The first kappa shape index (κ1) is 14.2. The fourth-order valence-corrected chi connectivity index (χ4v) is 3.62. The van der Waals surface area contributed by atoms with E-state index in [1.807, 2.05) is 12.1 Å². The van der Waals surface area contributed by atoms with Crippen molar-refractivity contribution in [2.24, 2.45) is 0 Å². The molecule has 1 N–H and O–H groups in total. The SMILES string of the molecule is O=C(NCCc1ccc(Cl)s1)c1cnc2sccn2c1=O. The van der Waals surface area contributed by atoms with Gasteiger partial charge in [-0.25, -0.2) is 4.98 Å². The average Bonchev–Trinajstić information content (AvgIpc) is 3.08. The molecule has 5 nitrogen and oxygen atoms in total. The Labute approximate surface area is 132 Å². The van der Waals surface area contributed by atoms with E-state index >= 15 is 0 Å². The Hall–Kier alpha value is -1.70. The number of carbonyl (C=O) groups excluding carboxylic acids is 1. The van der Waals surface area contributed by atoms with E-state index in [2.05, 4.69) is 10.3 Å². The van der Waals surface area contributed by atoms with Crippen LogP contribution in [0.2, 0.25) is 4.34 Å². The highest BCUT2D eigenvalue weighted by molar-refractivity contribution is 7.16. The number of carbonyl (C=O) groups is 1. The Bertz CT molecular complexity index is 852. The van der Waals surface area contributed by atoms with E-state index < -0.39 is 5.91 Å². The van der Waals surface area contributed by atoms with Crippen LogP contribution in [0.25, 0.3) is 4.96 Å². The molecule has 0 aliphatic carbocycles. The van der Waals surface area contributed by atoms with Crippen molar-refractivity contribution in [2.75, 3.05) is 6.54 Å². The molecule has 8 heteroatoms. The Balaban J connectivity index is 1.69. The Kier molecular flexibility index (Phi) is 4.05. The van der Waals surface area contributed by atoms with Crippen LogP contribution < -0.4 is 10.9 Å². The second-order valence-corrected chi connectivity index (χ2v) is 6.92. The molecule has 3 aromatic heterocycles. The molecule has 0 aliphatic rings. The van der Waals surface area contributed by atoms with Crippen LogP contribution in [0.15, 0.2) is 34.7 Å². The summed E-state index contributed by atoms with van der Waals surface area (Å²) in [5, 5.41) is 4.49. The number of hydrogen-bond donors (Lipinski definition) is 1. The molecule has 0 bridgehead atoms. The van der Waals surface area contributed by atoms with Gasteiger partial charge in [0.1, 0.15) is 5.56 Å². The minimum Gasteiger partial charge on any atom is -0.351 e. The summed E-state index contributed by atoms with van der Waals surface area (Å²) in [7, 11) is 0. The Morgan fingerprint density at radius 2 is 2.29 bits per heavy atom. The third-order valence-electron chi connectivity index (χ3n) is 2.87. The minimum atomic E-state index is -0.407. The van der Waals surface area contributed by atoms with Gasteiger partial charge < -0.3 is 5.32 Å². The lowest BCUT2D eigenvalue weighted by molar-refractivity contribution is 0.0952. The summed E-state index contributed by atoms with van der Waals surface area (Å²) in [4.78, 5) is 29.9. The molecule has 3 rings (SSSR count). The quantitative estimate of drug-likeness (QED) is 0.794. The number of thiophene rings is 1. The zero-order valence-corrected chi connectivity index (χ0v) is 13.1. The molecule has 21 heavy (non-hydrogen) atoms. The number of nitrogens with one attached hydrogen (secondary N) is 1. The number of fused-ring (bicyclic) bond motifs is 1. The number of nitrogens with zero attached hydrogens (tertiary/aromatic N) is 2. The molecule has 0 aromatic carbocycles. The van der Waals surface area contributed by atoms with E-state index in [-0.39, 0.29) is 11.1 Å². The molecule has 0 spiro atoms. The lowest BCUT2D eigenvalue weighted by Gasteiger charge is -2.03. The van der Waals surface area contributed by atoms with Crippen LogP contribution in [0.1, 0.15) is 15.2 Å². The van der Waals surface area contributed by atoms with Crippen molar-refractivity contribution in [2.45, 2.75) is 6.42 Å². The van der Waals surface area contributed by atoms with Gasteiger partial charge in [0.15, 0.2) is 4.96 Å². The van der Waals surface area contributed by atoms with Crippen molar-refractivity contribution >= 4 is 45.1 Å². The molecule has 0 unspecified atom stereocenters. The molecule has 1 amide bonds. The summed E-state index contributed by atoms with van der Waals surface area (Å²) in [5.41, 5.74) is -0.298. The lowest BCUT2D eigenvalue weighted by atomic mass is 10.3. The first-order valence-electron chi connectivity index (χ1n) is 6.12. The lowest BCUT2D eigenvalue weighted by Crippen LogP contribution is -2.32. The van der Waals surface area contributed by atoms with Gasteiger partial charge in [-0.3, -0.25) is 14.0 Å². The molecule has 3 heterocycles. The van der Waals surface area contributed by atoms with Crippen LogP contribution in [-0.2, 0) is 6.42 Å². The number of aromatic nitrogens is 2. The zero-order chi connectivity index (χ0) is 14.8. The third-order valence-corrected chi connectivity index (χ3v) is 4.93. The summed E-state index contributed by atoms with van der Waals surface area (Å²) >= 11 is 8.67. The highest BCUT2D eigenvalue weighted by Crippen LogP contribution is 2.21. The summed E-state index contributed by atoms with van der Waals surface area (Å²) in [6.07, 6.45) is 3.61. The zero-order valence-electron chi connectivity index (χ0n) is 10.7. The van der Waals surface area contributed by atoms with Crippen LogP contribution in [0.5, 0.6) is 0 Å². The average molecular weight is 340 g/mol. The molecule has 0 atom stereocenters. The smallest absolute Gasteiger partial charge is 0.271 e. The fraction of sp³-hybridized carbons (Fsp3) is 0.154. The van der Waals surface area contributed by atoms with Crippen molar-refractivity contribution < 1.29 is 4.79 Å². The van der Waals surface area contributed by atoms with Gasteiger partial charge in [0.05, 0.1) is 4.34 Å². The largest absolute Gasteiger partial charge is 0.351 e. The number of hydrogen-bond acceptors (Lipinski definition) is 5. The second-order valence-electron chi connectivity index (χ2n) is 4.24. The molecular formula is C13H10ClN3O2S2. The van der Waals surface area contributed by atoms with Crippen LogP contribution in [0.4, 0.5) is 0 Å². The topological polar surface area (TPSA) is 63.5 Å². The van der Waals surface area contributed by atoms with Gasteiger partial charge >= 0.3 is 0 Å². The maximum Gasteiger partial charge on any atom is 0.271 e.